The second kappa shape index (κ2) is 34.3. The minimum absolute atomic E-state index is 1.37. The van der Waals surface area contributed by atoms with Crippen molar-refractivity contribution in [2.24, 2.45) is 0 Å². The molecule has 0 fully saturated rings. The summed E-state index contributed by atoms with van der Waals surface area (Å²) >= 11 is 0. The molecule has 0 rings (SSSR count). The fourth-order valence-corrected chi connectivity index (χ4v) is 16.5. The molecule has 0 radical (unpaired) electrons. The molecule has 0 aromatic carbocycles. The van der Waals surface area contributed by atoms with E-state index in [0.717, 1.165) is 0 Å². The summed E-state index contributed by atoms with van der Waals surface area (Å²) in [5.41, 5.74) is 0. The van der Waals surface area contributed by atoms with Gasteiger partial charge < -0.3 is 0 Å². The van der Waals surface area contributed by atoms with Gasteiger partial charge >= 0.3 is 238 Å². The first-order valence-electron chi connectivity index (χ1n) is 22.1. The van der Waals surface area contributed by atoms with E-state index in [0.29, 0.717) is 0 Å². The molecule has 0 unspecified atom stereocenters. The number of hydrogen-bond acceptors (Lipinski definition) is 0. The SMILES string of the molecule is CCCCCCCCCCCCCCCCP(CCCC)(CCCC)(CCCC)CCCCCCCCCCCCCCCC. The smallest absolute Gasteiger partial charge is 0.0654 e. The fraction of sp³-hybridized carbons (Fsp3) is 1.00. The molecule has 0 aliphatic carbocycles. The summed E-state index contributed by atoms with van der Waals surface area (Å²) in [6.45, 7) is 10.4. The zero-order valence-corrected chi connectivity index (χ0v) is 33.9. The zero-order chi connectivity index (χ0) is 33.0. The third kappa shape index (κ3) is 27.0. The zero-order valence-electron chi connectivity index (χ0n) is 33.0. The predicted molar refractivity (Wildman–Crippen MR) is 217 cm³/mol. The van der Waals surface area contributed by atoms with Crippen LogP contribution < -0.4 is 0 Å². The van der Waals surface area contributed by atoms with Crippen LogP contribution in [0.5, 0.6) is 0 Å². The van der Waals surface area contributed by atoms with Gasteiger partial charge in [0.1, 0.15) is 0 Å². The number of hydrogen-bond donors (Lipinski definition) is 0. The molecule has 0 amide bonds. The predicted octanol–water partition coefficient (Wildman–Crippen LogP) is 16.9. The quantitative estimate of drug-likeness (QED) is 0.0458. The van der Waals surface area contributed by atoms with Crippen LogP contribution in [0.2, 0.25) is 0 Å². The maximum absolute atomic E-state index is 2.46. The summed E-state index contributed by atoms with van der Waals surface area (Å²) in [4.78, 5) is 0. The standard InChI is InChI=1S/C44H93P/c1-6-11-16-18-20-22-24-26-28-30-32-34-36-38-43-45(40-13-8-3,41-14-9-4,42-15-10-5)44-39-37-35-33-31-29-27-25-23-21-19-17-12-7-2/h6-44H2,1-5H3. The Morgan fingerprint density at radius 1 is 0.178 bits per heavy atom. The van der Waals surface area contributed by atoms with Gasteiger partial charge in [-0.3, -0.25) is 0 Å². The molecule has 0 aromatic rings. The molecule has 0 bridgehead atoms. The summed E-state index contributed by atoms with van der Waals surface area (Å²) in [5.74, 6) is 0. The van der Waals surface area contributed by atoms with E-state index < -0.39 is 6.60 Å². The van der Waals surface area contributed by atoms with Gasteiger partial charge in [-0.15, -0.1) is 0 Å². The van der Waals surface area contributed by atoms with Crippen LogP contribution in [0.3, 0.4) is 0 Å². The Hall–Kier alpha value is 0.430. The van der Waals surface area contributed by atoms with Crippen LogP contribution in [-0.4, -0.2) is 30.8 Å². The molecule has 0 aliphatic rings. The van der Waals surface area contributed by atoms with Crippen molar-refractivity contribution < 1.29 is 0 Å². The molecule has 0 heterocycles. The molecular weight excluding hydrogens is 559 g/mol. The van der Waals surface area contributed by atoms with Crippen molar-refractivity contribution >= 4 is 6.60 Å². The molecule has 0 spiro atoms. The van der Waals surface area contributed by atoms with Crippen LogP contribution in [0.4, 0.5) is 0 Å². The van der Waals surface area contributed by atoms with Gasteiger partial charge in [0.25, 0.3) is 0 Å². The average molecular weight is 653 g/mol. The first kappa shape index (κ1) is 45.4. The van der Waals surface area contributed by atoms with Crippen molar-refractivity contribution in [2.75, 3.05) is 30.8 Å². The van der Waals surface area contributed by atoms with Crippen molar-refractivity contribution in [2.45, 2.75) is 253 Å². The Kier molecular flexibility index (Phi) is 34.6. The molecule has 0 atom stereocenters. The molecule has 0 saturated carbocycles. The van der Waals surface area contributed by atoms with Crippen LogP contribution in [0.15, 0.2) is 0 Å². The van der Waals surface area contributed by atoms with Crippen molar-refractivity contribution in [3.8, 4) is 0 Å². The van der Waals surface area contributed by atoms with Gasteiger partial charge in [-0.1, -0.05) is 52.4 Å². The fourth-order valence-electron chi connectivity index (χ4n) is 8.44. The van der Waals surface area contributed by atoms with Crippen LogP contribution in [-0.2, 0) is 0 Å². The second-order valence-corrected chi connectivity index (χ2v) is 22.8. The Labute approximate surface area is 289 Å². The van der Waals surface area contributed by atoms with E-state index in [1.54, 1.807) is 43.7 Å². The van der Waals surface area contributed by atoms with Crippen molar-refractivity contribution in [3.63, 3.8) is 0 Å². The van der Waals surface area contributed by atoms with Gasteiger partial charge in [0.15, 0.2) is 0 Å². The van der Waals surface area contributed by atoms with Gasteiger partial charge in [0.2, 0.25) is 0 Å². The molecule has 0 N–H and O–H groups in total. The first-order chi connectivity index (χ1) is 22.1. The monoisotopic (exact) mass is 653 g/mol. The number of unbranched alkanes of at least 4 members (excludes halogenated alkanes) is 29. The van der Waals surface area contributed by atoms with E-state index in [1.165, 1.54) is 205 Å². The summed E-state index contributed by atoms with van der Waals surface area (Å²) in [6, 6.07) is 0. The summed E-state index contributed by atoms with van der Waals surface area (Å²) in [5, 5.41) is 0. The van der Waals surface area contributed by atoms with E-state index in [1.807, 2.05) is 0 Å². The van der Waals surface area contributed by atoms with Crippen molar-refractivity contribution in [1.29, 1.82) is 0 Å². The van der Waals surface area contributed by atoms with Crippen LogP contribution >= 0.6 is 6.60 Å². The topological polar surface area (TPSA) is 0 Å². The summed E-state index contributed by atoms with van der Waals surface area (Å²) < 4.78 is 0. The van der Waals surface area contributed by atoms with E-state index in [4.69, 9.17) is 0 Å². The average Bonchev–Trinajstić information content (AvgIpc) is 3.06. The van der Waals surface area contributed by atoms with Crippen molar-refractivity contribution in [3.05, 3.63) is 0 Å². The van der Waals surface area contributed by atoms with Crippen LogP contribution in [0, 0.1) is 0 Å². The molecule has 0 nitrogen and oxygen atoms in total. The second-order valence-electron chi connectivity index (χ2n) is 16.1. The maximum atomic E-state index is 2.46. The Bertz CT molecular complexity index is 493. The molecular formula is C44H93P. The molecule has 0 saturated heterocycles. The molecule has 0 aromatic heterocycles. The minimum atomic E-state index is -1.61. The van der Waals surface area contributed by atoms with Gasteiger partial charge in [0.05, 0.1) is 0 Å². The van der Waals surface area contributed by atoms with E-state index >= 15 is 0 Å². The van der Waals surface area contributed by atoms with E-state index in [-0.39, 0.29) is 0 Å². The molecule has 0 aliphatic heterocycles. The van der Waals surface area contributed by atoms with E-state index in [2.05, 4.69) is 34.6 Å². The van der Waals surface area contributed by atoms with Crippen molar-refractivity contribution in [1.82, 2.24) is 0 Å². The Balaban J connectivity index is 4.54. The Morgan fingerprint density at radius 3 is 0.533 bits per heavy atom. The van der Waals surface area contributed by atoms with Gasteiger partial charge in [-0.05, 0) is 0 Å². The Morgan fingerprint density at radius 2 is 0.333 bits per heavy atom. The van der Waals surface area contributed by atoms with Crippen LogP contribution in [0.25, 0.3) is 0 Å². The third-order valence-corrected chi connectivity index (χ3v) is 19.6. The first-order valence-corrected chi connectivity index (χ1v) is 25.3. The van der Waals surface area contributed by atoms with Gasteiger partial charge in [-0.25, -0.2) is 0 Å². The third-order valence-electron chi connectivity index (χ3n) is 11.7. The van der Waals surface area contributed by atoms with Crippen LogP contribution in [0.1, 0.15) is 253 Å². The van der Waals surface area contributed by atoms with Gasteiger partial charge in [-0.2, -0.15) is 0 Å². The number of rotatable bonds is 39. The van der Waals surface area contributed by atoms with E-state index in [9.17, 15) is 0 Å². The minimum Gasteiger partial charge on any atom is -0.0654 e. The normalized spacial score (nSPS) is 13.0. The summed E-state index contributed by atoms with van der Waals surface area (Å²) in [7, 11) is 0. The molecule has 274 valence electrons. The molecule has 1 heteroatoms. The van der Waals surface area contributed by atoms with Gasteiger partial charge in [0, 0.05) is 0 Å². The molecule has 45 heavy (non-hydrogen) atoms. The summed E-state index contributed by atoms with van der Waals surface area (Å²) in [6.07, 6.45) is 58.7.